The fourth-order valence-corrected chi connectivity index (χ4v) is 0.784. The Balaban J connectivity index is 0.000000293. The summed E-state index contributed by atoms with van der Waals surface area (Å²) < 4.78 is 4.90. The first-order chi connectivity index (χ1) is 7.72. The number of para-hydroxylation sites is 1. The Morgan fingerprint density at radius 3 is 2.00 bits per heavy atom. The monoisotopic (exact) mass is 221 g/mol. The maximum Gasteiger partial charge on any atom is 0.269 e. The topological polar surface area (TPSA) is 52.4 Å². The number of hydrogen-bond acceptors (Lipinski definition) is 3. The predicted octanol–water partition coefficient (Wildman–Crippen LogP) is 2.97. The zero-order valence-electron chi connectivity index (χ0n) is 9.04. The molecule has 0 radical (unpaired) electrons. The second-order valence-electron chi connectivity index (χ2n) is 2.71. The maximum atomic E-state index is 10.0. The highest BCUT2D eigenvalue weighted by Gasteiger charge is 1.98. The predicted molar refractivity (Wildman–Crippen MR) is 64.3 cm³/mol. The van der Waals surface area contributed by atoms with E-state index in [1.807, 2.05) is 0 Å². The van der Waals surface area contributed by atoms with E-state index in [1.54, 1.807) is 30.4 Å². The molecule has 0 N–H and O–H groups in total. The van der Waals surface area contributed by atoms with Crippen LogP contribution in [0.3, 0.4) is 0 Å². The van der Waals surface area contributed by atoms with Crippen molar-refractivity contribution in [3.05, 3.63) is 65.8 Å². The van der Waals surface area contributed by atoms with Crippen LogP contribution in [0.25, 0.3) is 0 Å². The molecule has 4 nitrogen and oxygen atoms in total. The van der Waals surface area contributed by atoms with Crippen molar-refractivity contribution in [2.24, 2.45) is 0 Å². The number of nitro groups is 1. The molecule has 0 saturated carbocycles. The van der Waals surface area contributed by atoms with E-state index >= 15 is 0 Å². The quantitative estimate of drug-likeness (QED) is 0.332. The molecule has 16 heavy (non-hydrogen) atoms. The van der Waals surface area contributed by atoms with Crippen LogP contribution >= 0.6 is 0 Å². The Bertz CT molecular complexity index is 314. The van der Waals surface area contributed by atoms with E-state index in [0.29, 0.717) is 13.2 Å². The van der Waals surface area contributed by atoms with Crippen molar-refractivity contribution in [1.29, 1.82) is 0 Å². The molecule has 86 valence electrons. The number of ether oxygens (including phenoxy) is 1. The zero-order valence-corrected chi connectivity index (χ0v) is 9.04. The van der Waals surface area contributed by atoms with Crippen LogP contribution in [0.5, 0.6) is 0 Å². The lowest BCUT2D eigenvalue weighted by molar-refractivity contribution is -0.384. The summed E-state index contributed by atoms with van der Waals surface area (Å²) in [5.74, 6) is 0. The minimum atomic E-state index is -0.417. The molecule has 0 atom stereocenters. The van der Waals surface area contributed by atoms with Crippen LogP contribution in [0, 0.1) is 10.1 Å². The summed E-state index contributed by atoms with van der Waals surface area (Å²) in [5, 5.41) is 10.0. The van der Waals surface area contributed by atoms with E-state index in [-0.39, 0.29) is 5.69 Å². The van der Waals surface area contributed by atoms with Crippen molar-refractivity contribution >= 4 is 5.69 Å². The molecule has 0 unspecified atom stereocenters. The van der Waals surface area contributed by atoms with Crippen LogP contribution in [0.2, 0.25) is 0 Å². The van der Waals surface area contributed by atoms with Gasteiger partial charge in [0.15, 0.2) is 0 Å². The number of nitro benzene ring substituents is 1. The highest BCUT2D eigenvalue weighted by atomic mass is 16.6. The fraction of sp³-hybridized carbons (Fsp3) is 0.167. The minimum Gasteiger partial charge on any atom is -0.373 e. The molecule has 0 spiro atoms. The van der Waals surface area contributed by atoms with E-state index in [0.717, 1.165) is 0 Å². The molecule has 1 rings (SSSR count). The van der Waals surface area contributed by atoms with Crippen molar-refractivity contribution in [2.45, 2.75) is 0 Å². The molecular formula is C12H15NO3. The molecular weight excluding hydrogens is 206 g/mol. The molecule has 4 heteroatoms. The van der Waals surface area contributed by atoms with Gasteiger partial charge in [-0.3, -0.25) is 10.1 Å². The summed E-state index contributed by atoms with van der Waals surface area (Å²) in [6, 6.07) is 7.93. The second-order valence-corrected chi connectivity index (χ2v) is 2.71. The summed E-state index contributed by atoms with van der Waals surface area (Å²) in [5.41, 5.74) is 0.137. The number of rotatable bonds is 5. The van der Waals surface area contributed by atoms with Crippen LogP contribution in [-0.4, -0.2) is 18.1 Å². The number of non-ortho nitro benzene ring substituents is 1. The zero-order chi connectivity index (χ0) is 12.2. The Hall–Kier alpha value is -1.94. The number of benzene rings is 1. The first kappa shape index (κ1) is 14.1. The third kappa shape index (κ3) is 7.46. The Morgan fingerprint density at radius 1 is 1.19 bits per heavy atom. The van der Waals surface area contributed by atoms with Crippen molar-refractivity contribution < 1.29 is 9.66 Å². The molecule has 0 amide bonds. The van der Waals surface area contributed by atoms with Crippen molar-refractivity contribution in [1.82, 2.24) is 0 Å². The van der Waals surface area contributed by atoms with Gasteiger partial charge in [-0.25, -0.2) is 0 Å². The Labute approximate surface area is 95.0 Å². The highest BCUT2D eigenvalue weighted by molar-refractivity contribution is 5.27. The summed E-state index contributed by atoms with van der Waals surface area (Å²) in [4.78, 5) is 9.59. The molecule has 1 aromatic rings. The van der Waals surface area contributed by atoms with Crippen LogP contribution < -0.4 is 0 Å². The van der Waals surface area contributed by atoms with Gasteiger partial charge in [0.25, 0.3) is 5.69 Å². The van der Waals surface area contributed by atoms with E-state index in [2.05, 4.69) is 13.2 Å². The highest BCUT2D eigenvalue weighted by Crippen LogP contribution is 2.06. The molecule has 0 saturated heterocycles. The van der Waals surface area contributed by atoms with Gasteiger partial charge in [-0.2, -0.15) is 0 Å². The molecule has 0 bridgehead atoms. The maximum absolute atomic E-state index is 10.0. The largest absolute Gasteiger partial charge is 0.373 e. The van der Waals surface area contributed by atoms with Gasteiger partial charge in [0, 0.05) is 12.1 Å². The second kappa shape index (κ2) is 9.61. The lowest BCUT2D eigenvalue weighted by atomic mass is 10.3. The molecule has 0 aromatic heterocycles. The average Bonchev–Trinajstić information content (AvgIpc) is 2.32. The van der Waals surface area contributed by atoms with E-state index in [1.165, 1.54) is 12.1 Å². The first-order valence-electron chi connectivity index (χ1n) is 4.71. The Morgan fingerprint density at radius 2 is 1.69 bits per heavy atom. The first-order valence-corrected chi connectivity index (χ1v) is 4.71. The molecule has 1 aromatic carbocycles. The van der Waals surface area contributed by atoms with Gasteiger partial charge in [-0.05, 0) is 0 Å². The van der Waals surface area contributed by atoms with Gasteiger partial charge in [0.2, 0.25) is 0 Å². The standard InChI is InChI=1S/C6H5NO2.C6H10O/c8-7(9)6-4-2-1-3-5-6;1-3-5-7-6-4-2/h1-5H;3-4H,1-2,5-6H2. The summed E-state index contributed by atoms with van der Waals surface area (Å²) >= 11 is 0. The normalized spacial score (nSPS) is 8.50. The third-order valence-corrected chi connectivity index (χ3v) is 1.44. The van der Waals surface area contributed by atoms with E-state index < -0.39 is 4.92 Å². The molecule has 0 heterocycles. The van der Waals surface area contributed by atoms with Gasteiger partial charge < -0.3 is 4.74 Å². The fourth-order valence-electron chi connectivity index (χ4n) is 0.784. The number of nitrogens with zero attached hydrogens (tertiary/aromatic N) is 1. The van der Waals surface area contributed by atoms with Crippen LogP contribution in [0.4, 0.5) is 5.69 Å². The third-order valence-electron chi connectivity index (χ3n) is 1.44. The van der Waals surface area contributed by atoms with Gasteiger partial charge >= 0.3 is 0 Å². The lowest BCUT2D eigenvalue weighted by Gasteiger charge is -1.89. The molecule has 0 aliphatic rings. The van der Waals surface area contributed by atoms with Gasteiger partial charge in [-0.15, -0.1) is 13.2 Å². The number of hydrogen-bond donors (Lipinski definition) is 0. The molecule has 0 fully saturated rings. The molecule has 0 aliphatic carbocycles. The SMILES string of the molecule is C=CCOCC=C.O=[N+]([O-])c1ccccc1. The van der Waals surface area contributed by atoms with Gasteiger partial charge in [0.1, 0.15) is 0 Å². The van der Waals surface area contributed by atoms with E-state index in [4.69, 9.17) is 4.74 Å². The van der Waals surface area contributed by atoms with Crippen molar-refractivity contribution in [3.8, 4) is 0 Å². The molecule has 0 aliphatic heterocycles. The van der Waals surface area contributed by atoms with Crippen LogP contribution in [0.1, 0.15) is 0 Å². The summed E-state index contributed by atoms with van der Waals surface area (Å²) in [7, 11) is 0. The van der Waals surface area contributed by atoms with Crippen LogP contribution in [0.15, 0.2) is 55.6 Å². The van der Waals surface area contributed by atoms with Crippen LogP contribution in [-0.2, 0) is 4.74 Å². The lowest BCUT2D eigenvalue weighted by Crippen LogP contribution is -1.87. The van der Waals surface area contributed by atoms with E-state index in [9.17, 15) is 10.1 Å². The smallest absolute Gasteiger partial charge is 0.269 e. The average molecular weight is 221 g/mol. The van der Waals surface area contributed by atoms with Crippen molar-refractivity contribution in [3.63, 3.8) is 0 Å². The summed E-state index contributed by atoms with van der Waals surface area (Å²) in [6.07, 6.45) is 3.42. The Kier molecular flexibility index (Phi) is 8.44. The van der Waals surface area contributed by atoms with Gasteiger partial charge in [0.05, 0.1) is 18.1 Å². The van der Waals surface area contributed by atoms with Crippen molar-refractivity contribution in [2.75, 3.05) is 13.2 Å². The summed E-state index contributed by atoms with van der Waals surface area (Å²) in [6.45, 7) is 8.18. The van der Waals surface area contributed by atoms with Gasteiger partial charge in [-0.1, -0.05) is 30.4 Å². The minimum absolute atomic E-state index is 0.137.